The van der Waals surface area contributed by atoms with Crippen molar-refractivity contribution in [2.75, 3.05) is 13.6 Å². The Hall–Kier alpha value is -0.340. The van der Waals surface area contributed by atoms with Crippen LogP contribution in [-0.2, 0) is 6.42 Å². The van der Waals surface area contributed by atoms with Gasteiger partial charge in [0.15, 0.2) is 0 Å². The Balaban J connectivity index is 2.46. The van der Waals surface area contributed by atoms with Gasteiger partial charge < -0.3 is 5.32 Å². The lowest BCUT2D eigenvalue weighted by atomic mass is 9.86. The topological polar surface area (TPSA) is 12.0 Å². The lowest BCUT2D eigenvalue weighted by Crippen LogP contribution is -2.27. The molecule has 0 amide bonds. The maximum Gasteiger partial charge on any atom is 0.0175 e. The quantitative estimate of drug-likeness (QED) is 0.861. The first-order chi connectivity index (χ1) is 7.03. The summed E-state index contributed by atoms with van der Waals surface area (Å²) in [5, 5.41) is 3.25. The minimum Gasteiger partial charge on any atom is -0.319 e. The van der Waals surface area contributed by atoms with Crippen molar-refractivity contribution in [3.05, 3.63) is 34.3 Å². The molecule has 0 radical (unpaired) electrons. The van der Waals surface area contributed by atoms with Crippen LogP contribution in [0.5, 0.6) is 0 Å². The molecule has 0 aliphatic carbocycles. The molecular formula is C13H20BrN. The average molecular weight is 270 g/mol. The number of benzene rings is 1. The SMILES string of the molecule is CNCC(C)(C)CCc1ccc(Br)cc1. The van der Waals surface area contributed by atoms with Crippen LogP contribution in [0, 0.1) is 5.41 Å². The second kappa shape index (κ2) is 5.66. The number of nitrogens with one attached hydrogen (secondary N) is 1. The third kappa shape index (κ3) is 4.80. The third-order valence-corrected chi connectivity index (χ3v) is 3.19. The van der Waals surface area contributed by atoms with Gasteiger partial charge in [-0.15, -0.1) is 0 Å². The van der Waals surface area contributed by atoms with E-state index in [4.69, 9.17) is 0 Å². The minimum atomic E-state index is 0.377. The summed E-state index contributed by atoms with van der Waals surface area (Å²) < 4.78 is 1.15. The van der Waals surface area contributed by atoms with E-state index < -0.39 is 0 Å². The van der Waals surface area contributed by atoms with Crippen molar-refractivity contribution in [3.8, 4) is 0 Å². The zero-order chi connectivity index (χ0) is 11.3. The fourth-order valence-electron chi connectivity index (χ4n) is 1.70. The zero-order valence-electron chi connectivity index (χ0n) is 9.81. The van der Waals surface area contributed by atoms with Crippen molar-refractivity contribution in [2.45, 2.75) is 26.7 Å². The van der Waals surface area contributed by atoms with Crippen molar-refractivity contribution in [2.24, 2.45) is 5.41 Å². The van der Waals surface area contributed by atoms with Crippen LogP contribution >= 0.6 is 15.9 Å². The Bertz CT molecular complexity index is 290. The molecule has 0 bridgehead atoms. The molecule has 15 heavy (non-hydrogen) atoms. The van der Waals surface area contributed by atoms with Crippen molar-refractivity contribution in [1.29, 1.82) is 0 Å². The Morgan fingerprint density at radius 1 is 1.20 bits per heavy atom. The highest BCUT2D eigenvalue weighted by Crippen LogP contribution is 2.22. The van der Waals surface area contributed by atoms with Gasteiger partial charge in [0.05, 0.1) is 0 Å². The van der Waals surface area contributed by atoms with Gasteiger partial charge in [-0.05, 0) is 49.5 Å². The molecule has 0 saturated carbocycles. The molecule has 0 unspecified atom stereocenters. The van der Waals surface area contributed by atoms with E-state index in [-0.39, 0.29) is 0 Å². The zero-order valence-corrected chi connectivity index (χ0v) is 11.4. The number of hydrogen-bond acceptors (Lipinski definition) is 1. The van der Waals surface area contributed by atoms with Gasteiger partial charge in [-0.25, -0.2) is 0 Å². The van der Waals surface area contributed by atoms with Gasteiger partial charge in [-0.3, -0.25) is 0 Å². The van der Waals surface area contributed by atoms with Gasteiger partial charge in [0.1, 0.15) is 0 Å². The molecule has 1 aromatic rings. The van der Waals surface area contributed by atoms with Crippen LogP contribution in [0.1, 0.15) is 25.8 Å². The largest absolute Gasteiger partial charge is 0.319 e. The number of rotatable bonds is 5. The van der Waals surface area contributed by atoms with E-state index in [9.17, 15) is 0 Å². The van der Waals surface area contributed by atoms with Crippen LogP contribution in [0.15, 0.2) is 28.7 Å². The Morgan fingerprint density at radius 2 is 1.80 bits per heavy atom. The van der Waals surface area contributed by atoms with Crippen molar-refractivity contribution >= 4 is 15.9 Å². The number of halogens is 1. The maximum absolute atomic E-state index is 3.45. The molecule has 0 heterocycles. The standard InChI is InChI=1S/C13H20BrN/c1-13(2,10-15-3)9-8-11-4-6-12(14)7-5-11/h4-7,15H,8-10H2,1-3H3. The number of hydrogen-bond donors (Lipinski definition) is 1. The summed E-state index contributed by atoms with van der Waals surface area (Å²) in [5.41, 5.74) is 1.80. The van der Waals surface area contributed by atoms with E-state index in [0.29, 0.717) is 5.41 Å². The molecule has 0 aromatic heterocycles. The van der Waals surface area contributed by atoms with E-state index in [2.05, 4.69) is 59.4 Å². The van der Waals surface area contributed by atoms with Crippen molar-refractivity contribution in [1.82, 2.24) is 5.32 Å². The molecule has 84 valence electrons. The molecule has 2 heteroatoms. The van der Waals surface area contributed by atoms with Crippen molar-refractivity contribution < 1.29 is 0 Å². The molecule has 1 rings (SSSR count). The van der Waals surface area contributed by atoms with Crippen LogP contribution < -0.4 is 5.32 Å². The summed E-state index contributed by atoms with van der Waals surface area (Å²) in [7, 11) is 2.02. The first-order valence-corrected chi connectivity index (χ1v) is 6.22. The first kappa shape index (κ1) is 12.7. The third-order valence-electron chi connectivity index (χ3n) is 2.66. The van der Waals surface area contributed by atoms with E-state index in [0.717, 1.165) is 17.4 Å². The van der Waals surface area contributed by atoms with Crippen LogP contribution in [0.2, 0.25) is 0 Å². The molecule has 0 aliphatic heterocycles. The molecule has 1 nitrogen and oxygen atoms in total. The highest BCUT2D eigenvalue weighted by Gasteiger charge is 2.16. The minimum absolute atomic E-state index is 0.377. The highest BCUT2D eigenvalue weighted by molar-refractivity contribution is 9.10. The van der Waals surface area contributed by atoms with Gasteiger partial charge in [-0.2, -0.15) is 0 Å². The monoisotopic (exact) mass is 269 g/mol. The van der Waals surface area contributed by atoms with Crippen LogP contribution in [0.4, 0.5) is 0 Å². The van der Waals surface area contributed by atoms with Gasteiger partial charge in [0.25, 0.3) is 0 Å². The molecule has 1 N–H and O–H groups in total. The van der Waals surface area contributed by atoms with Gasteiger partial charge in [0.2, 0.25) is 0 Å². The van der Waals surface area contributed by atoms with Crippen LogP contribution in [0.25, 0.3) is 0 Å². The van der Waals surface area contributed by atoms with Gasteiger partial charge in [-0.1, -0.05) is 41.9 Å². The lowest BCUT2D eigenvalue weighted by Gasteiger charge is -2.24. The van der Waals surface area contributed by atoms with E-state index >= 15 is 0 Å². The van der Waals surface area contributed by atoms with E-state index in [1.54, 1.807) is 0 Å². The van der Waals surface area contributed by atoms with Gasteiger partial charge in [0, 0.05) is 4.47 Å². The first-order valence-electron chi connectivity index (χ1n) is 5.42. The predicted octanol–water partition coefficient (Wildman–Crippen LogP) is 3.63. The fourth-order valence-corrected chi connectivity index (χ4v) is 1.97. The summed E-state index contributed by atoms with van der Waals surface area (Å²) >= 11 is 3.45. The Labute approximate surface area is 101 Å². The molecule has 1 aromatic carbocycles. The van der Waals surface area contributed by atoms with Crippen LogP contribution in [-0.4, -0.2) is 13.6 Å². The summed E-state index contributed by atoms with van der Waals surface area (Å²) in [6.07, 6.45) is 2.37. The molecule has 0 fully saturated rings. The molecule has 0 atom stereocenters. The average Bonchev–Trinajstić information content (AvgIpc) is 2.17. The van der Waals surface area contributed by atoms with E-state index in [1.807, 2.05) is 7.05 Å². The normalized spacial score (nSPS) is 11.7. The number of aryl methyl sites for hydroxylation is 1. The highest BCUT2D eigenvalue weighted by atomic mass is 79.9. The maximum atomic E-state index is 3.45. The second-order valence-corrected chi connectivity index (χ2v) is 5.74. The van der Waals surface area contributed by atoms with Crippen LogP contribution in [0.3, 0.4) is 0 Å². The second-order valence-electron chi connectivity index (χ2n) is 4.82. The fraction of sp³-hybridized carbons (Fsp3) is 0.538. The Kier molecular flexibility index (Phi) is 4.81. The Morgan fingerprint density at radius 3 is 2.33 bits per heavy atom. The van der Waals surface area contributed by atoms with Gasteiger partial charge >= 0.3 is 0 Å². The summed E-state index contributed by atoms with van der Waals surface area (Å²) in [5.74, 6) is 0. The summed E-state index contributed by atoms with van der Waals surface area (Å²) in [4.78, 5) is 0. The van der Waals surface area contributed by atoms with Crippen molar-refractivity contribution in [3.63, 3.8) is 0 Å². The molecule has 0 aliphatic rings. The predicted molar refractivity (Wildman–Crippen MR) is 70.2 cm³/mol. The summed E-state index contributed by atoms with van der Waals surface area (Å²) in [6, 6.07) is 8.61. The molecule has 0 spiro atoms. The lowest BCUT2D eigenvalue weighted by molar-refractivity contribution is 0.324. The summed E-state index contributed by atoms with van der Waals surface area (Å²) in [6.45, 7) is 5.69. The smallest absolute Gasteiger partial charge is 0.0175 e. The van der Waals surface area contributed by atoms with E-state index in [1.165, 1.54) is 12.0 Å². The molecule has 0 saturated heterocycles. The molecular weight excluding hydrogens is 250 g/mol.